The van der Waals surface area contributed by atoms with Crippen LogP contribution in [0.2, 0.25) is 0 Å². The van der Waals surface area contributed by atoms with Gasteiger partial charge in [0.05, 0.1) is 5.97 Å². The van der Waals surface area contributed by atoms with Gasteiger partial charge in [0.2, 0.25) is 0 Å². The molecular formula is C3H6MgN2O4. The summed E-state index contributed by atoms with van der Waals surface area (Å²) in [5.74, 6) is -1.22. The number of rotatable bonds is 1. The number of carbonyl (C=O) groups excluding carboxylic acids is 2. The van der Waals surface area contributed by atoms with Crippen molar-refractivity contribution in [1.82, 2.24) is 0 Å². The van der Waals surface area contributed by atoms with Crippen LogP contribution in [0.4, 0.5) is 4.79 Å². The van der Waals surface area contributed by atoms with Crippen molar-refractivity contribution in [2.75, 3.05) is 6.54 Å². The maximum Gasteiger partial charge on any atom is 2.00 e. The summed E-state index contributed by atoms with van der Waals surface area (Å²) in [4.78, 5) is 17.8. The second kappa shape index (κ2) is 11.3. The molecule has 0 saturated heterocycles. The van der Waals surface area contributed by atoms with Crippen LogP contribution in [0.3, 0.4) is 0 Å². The van der Waals surface area contributed by atoms with Crippen LogP contribution in [0.15, 0.2) is 0 Å². The van der Waals surface area contributed by atoms with Crippen LogP contribution in [0.25, 0.3) is 0 Å². The minimum Gasteiger partial charge on any atom is -0.549 e. The molecule has 0 unspecified atom stereocenters. The van der Waals surface area contributed by atoms with Crippen molar-refractivity contribution in [1.29, 1.82) is 0 Å². The minimum atomic E-state index is -1.58. The van der Waals surface area contributed by atoms with E-state index < -0.39 is 12.1 Å². The fourth-order valence-corrected chi connectivity index (χ4v) is 0. The molecule has 0 spiro atoms. The molecule has 4 N–H and O–H groups in total. The first kappa shape index (κ1) is 16.2. The van der Waals surface area contributed by atoms with E-state index in [1.165, 1.54) is 0 Å². The van der Waals surface area contributed by atoms with Gasteiger partial charge in [-0.1, -0.05) is 0 Å². The molecule has 1 amide bonds. The van der Waals surface area contributed by atoms with Crippen molar-refractivity contribution >= 4 is 35.1 Å². The van der Waals surface area contributed by atoms with Crippen LogP contribution >= 0.6 is 0 Å². The number of nitrogens with two attached hydrogens (primary N) is 2. The molecule has 0 heterocycles. The van der Waals surface area contributed by atoms with Crippen molar-refractivity contribution < 1.29 is 19.8 Å². The number of carboxylic acid groups (broad SMARTS) is 2. The smallest absolute Gasteiger partial charge is 0.549 e. The Balaban J connectivity index is -0.0000000910. The first-order valence-electron chi connectivity index (χ1n) is 1.87. The molecule has 54 valence electrons. The van der Waals surface area contributed by atoms with Crippen molar-refractivity contribution in [2.24, 2.45) is 11.5 Å². The molecule has 0 aliphatic heterocycles. The van der Waals surface area contributed by atoms with Crippen molar-refractivity contribution in [2.45, 2.75) is 0 Å². The Morgan fingerprint density at radius 3 is 1.40 bits per heavy atom. The number of hydrogen-bond donors (Lipinski definition) is 2. The van der Waals surface area contributed by atoms with E-state index in [0.29, 0.717) is 0 Å². The summed E-state index contributed by atoms with van der Waals surface area (Å²) in [6.07, 6.45) is -1.58. The van der Waals surface area contributed by atoms with E-state index in [-0.39, 0.29) is 29.6 Å². The topological polar surface area (TPSA) is 132 Å². The first-order chi connectivity index (χ1) is 4.00. The molecule has 0 aromatic rings. The Kier molecular flexibility index (Phi) is 18.3. The summed E-state index contributed by atoms with van der Waals surface area (Å²) >= 11 is 0. The summed E-state index contributed by atoms with van der Waals surface area (Å²) < 4.78 is 0. The standard InChI is InChI=1S/C2H5NO2.CH3NO2.Mg/c3-1-2(4)5;2-1(3)4;/h1,3H2,(H,4,5);2H2,(H,3,4);/q;;+2/p-2. The van der Waals surface area contributed by atoms with Crippen molar-refractivity contribution in [3.63, 3.8) is 0 Å². The van der Waals surface area contributed by atoms with Crippen LogP contribution in [0.5, 0.6) is 0 Å². The van der Waals surface area contributed by atoms with Gasteiger partial charge in [-0.15, -0.1) is 0 Å². The Hall–Kier alpha value is -0.534. The molecule has 0 aromatic heterocycles. The van der Waals surface area contributed by atoms with E-state index >= 15 is 0 Å². The minimum absolute atomic E-state index is 0. The molecule has 0 saturated carbocycles. The summed E-state index contributed by atoms with van der Waals surface area (Å²) in [5.41, 5.74) is 8.43. The Morgan fingerprint density at radius 1 is 1.30 bits per heavy atom. The maximum atomic E-state index is 9.13. The van der Waals surface area contributed by atoms with E-state index in [2.05, 4.69) is 11.5 Å². The van der Waals surface area contributed by atoms with E-state index in [1.54, 1.807) is 0 Å². The SMILES string of the molecule is NC(=O)[O-].NCC(=O)[O-].[Mg+2]. The van der Waals surface area contributed by atoms with Crippen molar-refractivity contribution in [3.8, 4) is 0 Å². The van der Waals surface area contributed by atoms with Gasteiger partial charge in [-0.25, -0.2) is 0 Å². The molecule has 7 heteroatoms. The molecular weight excluding hydrogens is 152 g/mol. The van der Waals surface area contributed by atoms with Gasteiger partial charge in [-0.2, -0.15) is 0 Å². The van der Waals surface area contributed by atoms with Crippen molar-refractivity contribution in [3.05, 3.63) is 0 Å². The monoisotopic (exact) mass is 158 g/mol. The average molecular weight is 158 g/mol. The Bertz CT molecular complexity index is 103. The molecule has 0 radical (unpaired) electrons. The van der Waals surface area contributed by atoms with Gasteiger partial charge >= 0.3 is 23.1 Å². The Labute approximate surface area is 73.3 Å². The zero-order chi connectivity index (χ0) is 7.86. The number of carbonyl (C=O) groups is 2. The molecule has 0 rings (SSSR count). The van der Waals surface area contributed by atoms with Crippen LogP contribution in [-0.2, 0) is 4.79 Å². The summed E-state index contributed by atoms with van der Waals surface area (Å²) in [5, 5.41) is 17.8. The largest absolute Gasteiger partial charge is 2.00 e. The molecule has 0 bridgehead atoms. The summed E-state index contributed by atoms with van der Waals surface area (Å²) in [6, 6.07) is 0. The number of aliphatic carboxylic acids is 1. The van der Waals surface area contributed by atoms with Crippen LogP contribution in [-0.4, -0.2) is 41.7 Å². The molecule has 0 aromatic carbocycles. The predicted molar refractivity (Wildman–Crippen MR) is 29.4 cm³/mol. The second-order valence-electron chi connectivity index (χ2n) is 0.895. The zero-order valence-corrected chi connectivity index (χ0v) is 6.62. The zero-order valence-electron chi connectivity index (χ0n) is 5.20. The van der Waals surface area contributed by atoms with Gasteiger partial charge in [0.25, 0.3) is 0 Å². The summed E-state index contributed by atoms with van der Waals surface area (Å²) in [6.45, 7) is -0.389. The van der Waals surface area contributed by atoms with E-state index in [1.807, 2.05) is 0 Å². The molecule has 0 atom stereocenters. The number of amides is 1. The van der Waals surface area contributed by atoms with Gasteiger partial charge in [0.15, 0.2) is 0 Å². The van der Waals surface area contributed by atoms with Crippen LogP contribution in [0, 0.1) is 0 Å². The maximum absolute atomic E-state index is 9.13. The van der Waals surface area contributed by atoms with E-state index in [4.69, 9.17) is 19.8 Å². The van der Waals surface area contributed by atoms with Gasteiger partial charge in [0, 0.05) is 6.54 Å². The quantitative estimate of drug-likeness (QED) is 0.372. The number of carboxylic acids is 1. The third kappa shape index (κ3) is 145. The number of hydrogen-bond acceptors (Lipinski definition) is 5. The molecule has 0 aliphatic carbocycles. The van der Waals surface area contributed by atoms with E-state index in [0.717, 1.165) is 0 Å². The Morgan fingerprint density at radius 2 is 1.40 bits per heavy atom. The molecule has 10 heavy (non-hydrogen) atoms. The molecule has 6 nitrogen and oxygen atoms in total. The number of primary amides is 1. The van der Waals surface area contributed by atoms with Gasteiger partial charge in [0.1, 0.15) is 6.09 Å². The molecule has 0 fully saturated rings. The predicted octanol–water partition coefficient (Wildman–Crippen LogP) is -4.40. The fraction of sp³-hybridized carbons (Fsp3) is 0.333. The second-order valence-corrected chi connectivity index (χ2v) is 0.895. The third-order valence-electron chi connectivity index (χ3n) is 0.167. The summed E-state index contributed by atoms with van der Waals surface area (Å²) in [7, 11) is 0. The first-order valence-corrected chi connectivity index (χ1v) is 1.87. The average Bonchev–Trinajstić information content (AvgIpc) is 1.65. The normalized spacial score (nSPS) is 6.10. The fourth-order valence-electron chi connectivity index (χ4n) is 0. The van der Waals surface area contributed by atoms with Gasteiger partial charge in [-0.05, 0) is 0 Å². The molecule has 0 aliphatic rings. The van der Waals surface area contributed by atoms with E-state index in [9.17, 15) is 0 Å². The third-order valence-corrected chi connectivity index (χ3v) is 0.167. The van der Waals surface area contributed by atoms with Crippen LogP contribution < -0.4 is 21.7 Å². The van der Waals surface area contributed by atoms with Gasteiger partial charge in [-0.3, -0.25) is 0 Å². The van der Waals surface area contributed by atoms with Crippen LogP contribution in [0.1, 0.15) is 0 Å². The van der Waals surface area contributed by atoms with Gasteiger partial charge < -0.3 is 31.3 Å².